The Morgan fingerprint density at radius 1 is 1.40 bits per heavy atom. The second kappa shape index (κ2) is 6.46. The van der Waals surface area contributed by atoms with Crippen molar-refractivity contribution in [2.45, 2.75) is 25.3 Å². The molecule has 1 amide bonds. The molecule has 1 aromatic carbocycles. The van der Waals surface area contributed by atoms with E-state index in [1.165, 1.54) is 7.11 Å². The van der Waals surface area contributed by atoms with Gasteiger partial charge in [0.1, 0.15) is 0 Å². The molecule has 4 nitrogen and oxygen atoms in total. The highest BCUT2D eigenvalue weighted by atomic mass is 35.5. The highest BCUT2D eigenvalue weighted by Gasteiger charge is 2.34. The molecule has 1 unspecified atom stereocenters. The standard InChI is InChI=1S/C14H15Cl2NO3/c1-20-12(18)7-11(8-5-6-8)17-14(19)9-3-2-4-10(15)13(9)16/h2-4,8,11H,5-7H2,1H3,(H,17,19). The maximum absolute atomic E-state index is 12.2. The van der Waals surface area contributed by atoms with Gasteiger partial charge in [-0.15, -0.1) is 0 Å². The number of ether oxygens (including phenoxy) is 1. The topological polar surface area (TPSA) is 55.4 Å². The van der Waals surface area contributed by atoms with E-state index >= 15 is 0 Å². The minimum Gasteiger partial charge on any atom is -0.469 e. The van der Waals surface area contributed by atoms with Gasteiger partial charge in [0.15, 0.2) is 0 Å². The van der Waals surface area contributed by atoms with Gasteiger partial charge in [-0.25, -0.2) is 0 Å². The first-order chi connectivity index (χ1) is 9.52. The molecular formula is C14H15Cl2NO3. The van der Waals surface area contributed by atoms with E-state index < -0.39 is 0 Å². The fourth-order valence-electron chi connectivity index (χ4n) is 2.02. The third kappa shape index (κ3) is 3.64. The summed E-state index contributed by atoms with van der Waals surface area (Å²) < 4.78 is 4.65. The Balaban J connectivity index is 2.08. The number of benzene rings is 1. The predicted molar refractivity (Wildman–Crippen MR) is 77.1 cm³/mol. The number of nitrogens with one attached hydrogen (secondary N) is 1. The summed E-state index contributed by atoms with van der Waals surface area (Å²) in [7, 11) is 1.34. The second-order valence-corrected chi connectivity index (χ2v) is 5.58. The van der Waals surface area contributed by atoms with E-state index in [0.717, 1.165) is 12.8 Å². The Morgan fingerprint density at radius 2 is 2.10 bits per heavy atom. The molecule has 1 atom stereocenters. The number of hydrogen-bond acceptors (Lipinski definition) is 3. The van der Waals surface area contributed by atoms with E-state index in [2.05, 4.69) is 10.1 Å². The average Bonchev–Trinajstić information content (AvgIpc) is 3.25. The van der Waals surface area contributed by atoms with Crippen molar-refractivity contribution in [2.75, 3.05) is 7.11 Å². The summed E-state index contributed by atoms with van der Waals surface area (Å²) in [5.74, 6) is -0.325. The number of esters is 1. The lowest BCUT2D eigenvalue weighted by molar-refractivity contribution is -0.141. The summed E-state index contributed by atoms with van der Waals surface area (Å²) in [4.78, 5) is 23.6. The van der Waals surface area contributed by atoms with Crippen molar-refractivity contribution in [1.82, 2.24) is 5.32 Å². The van der Waals surface area contributed by atoms with Crippen molar-refractivity contribution in [2.24, 2.45) is 5.92 Å². The van der Waals surface area contributed by atoms with Crippen LogP contribution in [-0.2, 0) is 9.53 Å². The first-order valence-electron chi connectivity index (χ1n) is 6.34. The highest BCUT2D eigenvalue weighted by Crippen LogP contribution is 2.34. The summed E-state index contributed by atoms with van der Waals surface area (Å²) in [6, 6.07) is 4.67. The molecule has 2 rings (SSSR count). The van der Waals surface area contributed by atoms with Gasteiger partial charge >= 0.3 is 5.97 Å². The van der Waals surface area contributed by atoms with E-state index in [0.29, 0.717) is 16.5 Å². The number of methoxy groups -OCH3 is 1. The molecule has 0 heterocycles. The third-order valence-corrected chi connectivity index (χ3v) is 4.14. The maximum Gasteiger partial charge on any atom is 0.307 e. The summed E-state index contributed by atoms with van der Waals surface area (Å²) in [5.41, 5.74) is 0.315. The molecule has 6 heteroatoms. The molecule has 1 aliphatic carbocycles. The number of halogens is 2. The quantitative estimate of drug-likeness (QED) is 0.850. The van der Waals surface area contributed by atoms with Gasteiger partial charge in [-0.1, -0.05) is 29.3 Å². The summed E-state index contributed by atoms with van der Waals surface area (Å²) >= 11 is 11.9. The molecule has 1 saturated carbocycles. The highest BCUT2D eigenvalue weighted by molar-refractivity contribution is 6.43. The number of carbonyl (C=O) groups excluding carboxylic acids is 2. The Hall–Kier alpha value is -1.26. The van der Waals surface area contributed by atoms with Gasteiger partial charge in [0.2, 0.25) is 0 Å². The SMILES string of the molecule is COC(=O)CC(NC(=O)c1cccc(Cl)c1Cl)C1CC1. The van der Waals surface area contributed by atoms with E-state index in [4.69, 9.17) is 23.2 Å². The maximum atomic E-state index is 12.2. The lowest BCUT2D eigenvalue weighted by Gasteiger charge is -2.17. The van der Waals surface area contributed by atoms with Gasteiger partial charge in [0, 0.05) is 6.04 Å². The number of rotatable bonds is 5. The Labute approximate surface area is 127 Å². The van der Waals surface area contributed by atoms with Crippen LogP contribution in [0.5, 0.6) is 0 Å². The van der Waals surface area contributed by atoms with Gasteiger partial charge in [-0.3, -0.25) is 9.59 Å². The zero-order valence-corrected chi connectivity index (χ0v) is 12.5. The predicted octanol–water partition coefficient (Wildman–Crippen LogP) is 3.06. The van der Waals surface area contributed by atoms with Gasteiger partial charge in [0.05, 0.1) is 29.1 Å². The van der Waals surface area contributed by atoms with Crippen LogP contribution in [0, 0.1) is 5.92 Å². The first kappa shape index (κ1) is 15.1. The van der Waals surface area contributed by atoms with Crippen molar-refractivity contribution in [3.05, 3.63) is 33.8 Å². The average molecular weight is 316 g/mol. The van der Waals surface area contributed by atoms with Crippen LogP contribution in [0.4, 0.5) is 0 Å². The molecule has 0 aromatic heterocycles. The molecule has 1 fully saturated rings. The van der Waals surface area contributed by atoms with Gasteiger partial charge in [-0.05, 0) is 30.9 Å². The van der Waals surface area contributed by atoms with E-state index in [1.54, 1.807) is 18.2 Å². The molecule has 0 spiro atoms. The minimum absolute atomic E-state index is 0.172. The summed E-state index contributed by atoms with van der Waals surface area (Å²) in [6.45, 7) is 0. The normalized spacial score (nSPS) is 15.6. The van der Waals surface area contributed by atoms with E-state index in [-0.39, 0.29) is 29.4 Å². The zero-order valence-electron chi connectivity index (χ0n) is 11.0. The van der Waals surface area contributed by atoms with Crippen LogP contribution >= 0.6 is 23.2 Å². The smallest absolute Gasteiger partial charge is 0.307 e. The van der Waals surface area contributed by atoms with Crippen molar-refractivity contribution < 1.29 is 14.3 Å². The number of hydrogen-bond donors (Lipinski definition) is 1. The summed E-state index contributed by atoms with van der Waals surface area (Å²) in [6.07, 6.45) is 2.18. The Bertz CT molecular complexity index is 529. The molecule has 0 bridgehead atoms. The fraction of sp³-hybridized carbons (Fsp3) is 0.429. The molecular weight excluding hydrogens is 301 g/mol. The largest absolute Gasteiger partial charge is 0.469 e. The first-order valence-corrected chi connectivity index (χ1v) is 7.10. The van der Waals surface area contributed by atoms with Crippen molar-refractivity contribution in [3.63, 3.8) is 0 Å². The van der Waals surface area contributed by atoms with E-state index in [9.17, 15) is 9.59 Å². The van der Waals surface area contributed by atoms with Gasteiger partial charge in [-0.2, -0.15) is 0 Å². The third-order valence-electron chi connectivity index (χ3n) is 3.32. The van der Waals surface area contributed by atoms with Crippen LogP contribution in [-0.4, -0.2) is 25.0 Å². The number of carbonyl (C=O) groups is 2. The van der Waals surface area contributed by atoms with Crippen molar-refractivity contribution in [3.8, 4) is 0 Å². The minimum atomic E-state index is -0.334. The molecule has 1 aliphatic rings. The van der Waals surface area contributed by atoms with Crippen LogP contribution in [0.15, 0.2) is 18.2 Å². The summed E-state index contributed by atoms with van der Waals surface area (Å²) in [5, 5.41) is 3.40. The molecule has 0 aliphatic heterocycles. The fourth-order valence-corrected chi connectivity index (χ4v) is 2.41. The van der Waals surface area contributed by atoms with Crippen LogP contribution in [0.3, 0.4) is 0 Å². The second-order valence-electron chi connectivity index (χ2n) is 4.80. The molecule has 1 aromatic rings. The Morgan fingerprint density at radius 3 is 2.70 bits per heavy atom. The monoisotopic (exact) mass is 315 g/mol. The van der Waals surface area contributed by atoms with E-state index in [1.807, 2.05) is 0 Å². The van der Waals surface area contributed by atoms with Crippen LogP contribution in [0.2, 0.25) is 10.0 Å². The lowest BCUT2D eigenvalue weighted by Crippen LogP contribution is -2.38. The lowest BCUT2D eigenvalue weighted by atomic mass is 10.1. The van der Waals surface area contributed by atoms with Crippen molar-refractivity contribution >= 4 is 35.1 Å². The molecule has 0 saturated heterocycles. The molecule has 0 radical (unpaired) electrons. The van der Waals surface area contributed by atoms with Crippen LogP contribution in [0.25, 0.3) is 0 Å². The number of amides is 1. The molecule has 20 heavy (non-hydrogen) atoms. The van der Waals surface area contributed by atoms with Crippen molar-refractivity contribution in [1.29, 1.82) is 0 Å². The van der Waals surface area contributed by atoms with Crippen LogP contribution < -0.4 is 5.32 Å². The van der Waals surface area contributed by atoms with Crippen LogP contribution in [0.1, 0.15) is 29.6 Å². The van der Waals surface area contributed by atoms with Gasteiger partial charge in [0.25, 0.3) is 5.91 Å². The molecule has 1 N–H and O–H groups in total. The van der Waals surface area contributed by atoms with Gasteiger partial charge < -0.3 is 10.1 Å². The molecule has 108 valence electrons. The Kier molecular flexibility index (Phi) is 4.89. The zero-order chi connectivity index (χ0) is 14.7.